The van der Waals surface area contributed by atoms with Gasteiger partial charge in [-0.3, -0.25) is 4.79 Å². The van der Waals surface area contributed by atoms with Gasteiger partial charge in [-0.05, 0) is 19.1 Å². The predicted octanol–water partition coefficient (Wildman–Crippen LogP) is 4.42. The number of nitrogens with one attached hydrogen (secondary N) is 1. The van der Waals surface area contributed by atoms with Gasteiger partial charge >= 0.3 is 0 Å². The average molecular weight is 406 g/mol. The highest BCUT2D eigenvalue weighted by Gasteiger charge is 2.11. The van der Waals surface area contributed by atoms with Gasteiger partial charge in [0.05, 0.1) is 17.5 Å². The summed E-state index contributed by atoms with van der Waals surface area (Å²) in [6.45, 7) is 2.51. The van der Waals surface area contributed by atoms with Gasteiger partial charge in [0.15, 0.2) is 0 Å². The van der Waals surface area contributed by atoms with Crippen molar-refractivity contribution in [2.24, 2.45) is 0 Å². The van der Waals surface area contributed by atoms with E-state index in [-0.39, 0.29) is 5.91 Å². The fourth-order valence-electron chi connectivity index (χ4n) is 2.87. The van der Waals surface area contributed by atoms with Gasteiger partial charge in [0.25, 0.3) is 5.91 Å². The van der Waals surface area contributed by atoms with E-state index >= 15 is 0 Å². The Morgan fingerprint density at radius 3 is 2.76 bits per heavy atom. The smallest absolute Gasteiger partial charge is 0.254 e. The third-order valence-corrected chi connectivity index (χ3v) is 5.40. The maximum Gasteiger partial charge on any atom is 0.254 e. The summed E-state index contributed by atoms with van der Waals surface area (Å²) in [7, 11) is 0. The van der Waals surface area contributed by atoms with E-state index in [0.717, 1.165) is 16.3 Å². The molecule has 0 spiro atoms. The maximum atomic E-state index is 13.9. The van der Waals surface area contributed by atoms with Crippen molar-refractivity contribution in [3.63, 3.8) is 0 Å². The van der Waals surface area contributed by atoms with Crippen LogP contribution in [-0.2, 0) is 6.42 Å². The SMILES string of the molecule is Cc1ccc(-c2nc(CCNC(=O)c3cnn(-c4ccccc4F)c3)cs2)cc1. The molecule has 5 nitrogen and oxygen atoms in total. The molecule has 0 radical (unpaired) electrons. The molecular weight excluding hydrogens is 387 g/mol. The molecule has 0 aliphatic heterocycles. The molecule has 0 aliphatic rings. The van der Waals surface area contributed by atoms with Crippen molar-refractivity contribution in [3.05, 3.63) is 88.9 Å². The maximum absolute atomic E-state index is 13.9. The highest BCUT2D eigenvalue weighted by atomic mass is 32.1. The molecule has 0 saturated carbocycles. The number of amides is 1. The summed E-state index contributed by atoms with van der Waals surface area (Å²) in [5.74, 6) is -0.642. The first-order valence-corrected chi connectivity index (χ1v) is 10.1. The topological polar surface area (TPSA) is 59.8 Å². The number of benzene rings is 2. The Hall–Kier alpha value is -3.32. The number of hydrogen-bond acceptors (Lipinski definition) is 4. The number of carbonyl (C=O) groups excluding carboxylic acids is 1. The van der Waals surface area contributed by atoms with Crippen molar-refractivity contribution in [1.82, 2.24) is 20.1 Å². The van der Waals surface area contributed by atoms with Gasteiger partial charge in [-0.25, -0.2) is 14.1 Å². The number of hydrogen-bond donors (Lipinski definition) is 1. The first kappa shape index (κ1) is 19.0. The molecule has 29 heavy (non-hydrogen) atoms. The van der Waals surface area contributed by atoms with Crippen molar-refractivity contribution in [2.75, 3.05) is 6.54 Å². The summed E-state index contributed by atoms with van der Waals surface area (Å²) in [5, 5.41) is 9.93. The molecule has 1 amide bonds. The minimum Gasteiger partial charge on any atom is -0.352 e. The Bertz CT molecular complexity index is 1130. The minimum absolute atomic E-state index is 0.249. The van der Waals surface area contributed by atoms with Gasteiger partial charge in [0.1, 0.15) is 16.5 Å². The third-order valence-electron chi connectivity index (χ3n) is 4.46. The summed E-state index contributed by atoms with van der Waals surface area (Å²) in [6, 6.07) is 14.6. The molecule has 0 fully saturated rings. The molecule has 4 aromatic rings. The zero-order valence-corrected chi connectivity index (χ0v) is 16.6. The number of aryl methyl sites for hydroxylation is 1. The standard InChI is InChI=1S/C22H19FN4OS/c1-15-6-8-16(9-7-15)22-26-18(14-29-22)10-11-24-21(28)17-12-25-27(13-17)20-5-3-2-4-19(20)23/h2-9,12-14H,10-11H2,1H3,(H,24,28). The van der Waals surface area contributed by atoms with Crippen LogP contribution in [0.3, 0.4) is 0 Å². The monoisotopic (exact) mass is 406 g/mol. The van der Waals surface area contributed by atoms with Crippen LogP contribution < -0.4 is 5.32 Å². The molecule has 7 heteroatoms. The summed E-state index contributed by atoms with van der Waals surface area (Å²) in [4.78, 5) is 17.0. The van der Waals surface area contributed by atoms with Crippen molar-refractivity contribution in [3.8, 4) is 16.3 Å². The minimum atomic E-state index is -0.393. The normalized spacial score (nSPS) is 10.8. The number of aromatic nitrogens is 3. The van der Waals surface area contributed by atoms with E-state index in [1.165, 1.54) is 28.7 Å². The van der Waals surface area contributed by atoms with Crippen LogP contribution in [0.4, 0.5) is 4.39 Å². The van der Waals surface area contributed by atoms with Crippen LogP contribution in [0.1, 0.15) is 21.6 Å². The molecule has 2 aromatic heterocycles. The van der Waals surface area contributed by atoms with Crippen molar-refractivity contribution >= 4 is 17.2 Å². The van der Waals surface area contributed by atoms with E-state index in [2.05, 4.69) is 46.6 Å². The first-order chi connectivity index (χ1) is 14.1. The predicted molar refractivity (Wildman–Crippen MR) is 112 cm³/mol. The number of carbonyl (C=O) groups is 1. The van der Waals surface area contributed by atoms with Gasteiger partial charge in [-0.15, -0.1) is 11.3 Å². The van der Waals surface area contributed by atoms with Crippen LogP contribution in [0.15, 0.2) is 66.3 Å². The molecule has 2 aromatic carbocycles. The second-order valence-electron chi connectivity index (χ2n) is 6.64. The Morgan fingerprint density at radius 1 is 1.17 bits per heavy atom. The quantitative estimate of drug-likeness (QED) is 0.516. The van der Waals surface area contributed by atoms with Crippen LogP contribution in [0.5, 0.6) is 0 Å². The summed E-state index contributed by atoms with van der Waals surface area (Å²) < 4.78 is 15.2. The zero-order chi connectivity index (χ0) is 20.2. The van der Waals surface area contributed by atoms with Gasteiger partial charge < -0.3 is 5.32 Å². The number of halogens is 1. The Labute approximate surface area is 171 Å². The molecule has 146 valence electrons. The Morgan fingerprint density at radius 2 is 1.97 bits per heavy atom. The fourth-order valence-corrected chi connectivity index (χ4v) is 3.73. The van der Waals surface area contributed by atoms with Crippen molar-refractivity contribution < 1.29 is 9.18 Å². The van der Waals surface area contributed by atoms with E-state index in [4.69, 9.17) is 0 Å². The Kier molecular flexibility index (Phi) is 5.48. The van der Waals surface area contributed by atoms with Gasteiger partial charge in [-0.1, -0.05) is 42.0 Å². The van der Waals surface area contributed by atoms with Crippen LogP contribution in [0, 0.1) is 12.7 Å². The lowest BCUT2D eigenvalue weighted by Gasteiger charge is -2.03. The molecule has 1 N–H and O–H groups in total. The summed E-state index contributed by atoms with van der Waals surface area (Å²) in [5.41, 5.74) is 3.93. The lowest BCUT2D eigenvalue weighted by molar-refractivity contribution is 0.0954. The molecule has 0 atom stereocenters. The van der Waals surface area contributed by atoms with E-state index in [1.807, 2.05) is 5.38 Å². The van der Waals surface area contributed by atoms with E-state index in [0.29, 0.717) is 24.2 Å². The highest BCUT2D eigenvalue weighted by Crippen LogP contribution is 2.24. The zero-order valence-electron chi connectivity index (χ0n) is 15.8. The third kappa shape index (κ3) is 4.41. The largest absolute Gasteiger partial charge is 0.352 e. The van der Waals surface area contributed by atoms with E-state index < -0.39 is 5.82 Å². The number of thiazole rings is 1. The molecule has 4 rings (SSSR count). The van der Waals surface area contributed by atoms with Crippen LogP contribution in [0.25, 0.3) is 16.3 Å². The van der Waals surface area contributed by atoms with Crippen molar-refractivity contribution in [2.45, 2.75) is 13.3 Å². The lowest BCUT2D eigenvalue weighted by atomic mass is 10.2. The van der Waals surface area contributed by atoms with Gasteiger partial charge in [0.2, 0.25) is 0 Å². The first-order valence-electron chi connectivity index (χ1n) is 9.19. The summed E-state index contributed by atoms with van der Waals surface area (Å²) >= 11 is 1.59. The number of nitrogens with zero attached hydrogens (tertiary/aromatic N) is 3. The van der Waals surface area contributed by atoms with Crippen LogP contribution in [-0.4, -0.2) is 27.2 Å². The van der Waals surface area contributed by atoms with E-state index in [9.17, 15) is 9.18 Å². The molecule has 0 aliphatic carbocycles. The summed E-state index contributed by atoms with van der Waals surface area (Å²) in [6.07, 6.45) is 3.59. The fraction of sp³-hybridized carbons (Fsp3) is 0.136. The highest BCUT2D eigenvalue weighted by molar-refractivity contribution is 7.13. The molecule has 2 heterocycles. The Balaban J connectivity index is 1.34. The molecule has 0 saturated heterocycles. The molecule has 0 unspecified atom stereocenters. The van der Waals surface area contributed by atoms with Crippen LogP contribution >= 0.6 is 11.3 Å². The second kappa shape index (κ2) is 8.36. The van der Waals surface area contributed by atoms with Crippen LogP contribution in [0.2, 0.25) is 0 Å². The molecule has 0 bridgehead atoms. The number of para-hydroxylation sites is 1. The number of rotatable bonds is 6. The molecular formula is C22H19FN4OS. The average Bonchev–Trinajstić information content (AvgIpc) is 3.39. The van der Waals surface area contributed by atoms with Gasteiger partial charge in [0, 0.05) is 30.1 Å². The van der Waals surface area contributed by atoms with Gasteiger partial charge in [-0.2, -0.15) is 5.10 Å². The second-order valence-corrected chi connectivity index (χ2v) is 7.50. The lowest BCUT2D eigenvalue weighted by Crippen LogP contribution is -2.25. The van der Waals surface area contributed by atoms with E-state index in [1.54, 1.807) is 29.5 Å². The van der Waals surface area contributed by atoms with Crippen molar-refractivity contribution in [1.29, 1.82) is 0 Å².